The number of anilines is 1. The second-order valence-corrected chi connectivity index (χ2v) is 12.4. The van der Waals surface area contributed by atoms with Crippen LogP contribution in [0.25, 0.3) is 0 Å². The van der Waals surface area contributed by atoms with Crippen LogP contribution in [-0.4, -0.2) is 50.0 Å². The first kappa shape index (κ1) is 30.2. The standard InChI is InChI=1S/C30H36ClN3O4S/c1-21(2)32-30(36)28(17-24-9-7-6-8-10-24)33(19-25-14-11-22(3)12-15-25)29(35)20-34(39(5,37)38)26-16-13-23(4)27(31)18-26/h6-16,18,21,28H,17,19-20H2,1-5H3,(H,32,36). The maximum Gasteiger partial charge on any atom is 0.244 e. The van der Waals surface area contributed by atoms with Crippen molar-refractivity contribution >= 4 is 39.1 Å². The largest absolute Gasteiger partial charge is 0.352 e. The number of hydrogen-bond donors (Lipinski definition) is 1. The number of nitrogens with zero attached hydrogens (tertiary/aromatic N) is 2. The van der Waals surface area contributed by atoms with E-state index in [-0.39, 0.29) is 30.6 Å². The van der Waals surface area contributed by atoms with Crippen LogP contribution in [0.3, 0.4) is 0 Å². The van der Waals surface area contributed by atoms with Crippen LogP contribution in [-0.2, 0) is 32.6 Å². The fourth-order valence-corrected chi connectivity index (χ4v) is 5.19. The Balaban J connectivity index is 2.06. The Bertz CT molecular complexity index is 1390. The number of halogens is 1. The molecule has 2 amide bonds. The van der Waals surface area contributed by atoms with E-state index in [9.17, 15) is 18.0 Å². The van der Waals surface area contributed by atoms with Crippen molar-refractivity contribution in [2.45, 2.75) is 52.7 Å². The third-order valence-corrected chi connectivity index (χ3v) is 7.85. The van der Waals surface area contributed by atoms with Gasteiger partial charge in [-0.1, -0.05) is 77.8 Å². The van der Waals surface area contributed by atoms with Gasteiger partial charge in [0.15, 0.2) is 0 Å². The summed E-state index contributed by atoms with van der Waals surface area (Å²) in [4.78, 5) is 29.0. The first-order chi connectivity index (χ1) is 18.3. The monoisotopic (exact) mass is 569 g/mol. The smallest absolute Gasteiger partial charge is 0.244 e. The average Bonchev–Trinajstić information content (AvgIpc) is 2.87. The van der Waals surface area contributed by atoms with E-state index in [1.54, 1.807) is 12.1 Å². The lowest BCUT2D eigenvalue weighted by atomic mass is 10.0. The number of rotatable bonds is 11. The Kier molecular flexibility index (Phi) is 10.2. The number of hydrogen-bond acceptors (Lipinski definition) is 4. The SMILES string of the molecule is Cc1ccc(CN(C(=O)CN(c2ccc(C)c(Cl)c2)S(C)(=O)=O)C(Cc2ccccc2)C(=O)NC(C)C)cc1. The number of nitrogens with one attached hydrogen (secondary N) is 1. The molecule has 0 bridgehead atoms. The van der Waals surface area contributed by atoms with Gasteiger partial charge in [0, 0.05) is 24.0 Å². The van der Waals surface area contributed by atoms with Crippen molar-refractivity contribution in [3.8, 4) is 0 Å². The van der Waals surface area contributed by atoms with Crippen LogP contribution in [0.4, 0.5) is 5.69 Å². The summed E-state index contributed by atoms with van der Waals surface area (Å²) in [5, 5.41) is 3.33. The number of carbonyl (C=O) groups is 2. The fraction of sp³-hybridized carbons (Fsp3) is 0.333. The van der Waals surface area contributed by atoms with E-state index in [0.29, 0.717) is 5.02 Å². The summed E-state index contributed by atoms with van der Waals surface area (Å²) in [5.74, 6) is -0.809. The molecule has 1 N–H and O–H groups in total. The maximum absolute atomic E-state index is 14.0. The minimum Gasteiger partial charge on any atom is -0.352 e. The summed E-state index contributed by atoms with van der Waals surface area (Å²) in [6, 6.07) is 21.0. The molecule has 9 heteroatoms. The molecule has 3 aromatic rings. The molecule has 0 aromatic heterocycles. The maximum atomic E-state index is 14.0. The zero-order chi connectivity index (χ0) is 28.7. The highest BCUT2D eigenvalue weighted by Gasteiger charge is 2.33. The molecular formula is C30H36ClN3O4S. The van der Waals surface area contributed by atoms with Crippen molar-refractivity contribution in [2.75, 3.05) is 17.1 Å². The topological polar surface area (TPSA) is 86.8 Å². The summed E-state index contributed by atoms with van der Waals surface area (Å²) in [6.07, 6.45) is 1.32. The molecule has 3 rings (SSSR count). The summed E-state index contributed by atoms with van der Waals surface area (Å²) < 4.78 is 26.7. The number of carbonyl (C=O) groups excluding carboxylic acids is 2. The van der Waals surface area contributed by atoms with Crippen molar-refractivity contribution in [2.24, 2.45) is 0 Å². The van der Waals surface area contributed by atoms with Gasteiger partial charge < -0.3 is 10.2 Å². The predicted molar refractivity (Wildman–Crippen MR) is 157 cm³/mol. The summed E-state index contributed by atoms with van der Waals surface area (Å²) >= 11 is 6.29. The molecule has 0 fully saturated rings. The van der Waals surface area contributed by atoms with Gasteiger partial charge in [-0.2, -0.15) is 0 Å². The highest BCUT2D eigenvalue weighted by molar-refractivity contribution is 7.92. The van der Waals surface area contributed by atoms with E-state index >= 15 is 0 Å². The third kappa shape index (κ3) is 8.57. The fourth-order valence-electron chi connectivity index (χ4n) is 4.18. The first-order valence-corrected chi connectivity index (χ1v) is 15.0. The number of sulfonamides is 1. The van der Waals surface area contributed by atoms with Crippen LogP contribution in [0, 0.1) is 13.8 Å². The van der Waals surface area contributed by atoms with Gasteiger partial charge in [-0.15, -0.1) is 0 Å². The summed E-state index contributed by atoms with van der Waals surface area (Å²) in [7, 11) is -3.85. The zero-order valence-corrected chi connectivity index (χ0v) is 24.6. The average molecular weight is 570 g/mol. The molecule has 0 heterocycles. The first-order valence-electron chi connectivity index (χ1n) is 12.8. The minimum atomic E-state index is -3.85. The molecule has 0 spiro atoms. The lowest BCUT2D eigenvalue weighted by molar-refractivity contribution is -0.140. The summed E-state index contributed by atoms with van der Waals surface area (Å²) in [6.45, 7) is 7.15. The molecule has 7 nitrogen and oxygen atoms in total. The molecule has 0 aliphatic heterocycles. The van der Waals surface area contributed by atoms with Crippen molar-refractivity contribution < 1.29 is 18.0 Å². The Morgan fingerprint density at radius 2 is 1.56 bits per heavy atom. The lowest BCUT2D eigenvalue weighted by Gasteiger charge is -2.34. The van der Waals surface area contributed by atoms with Crippen LogP contribution < -0.4 is 9.62 Å². The number of benzene rings is 3. The van der Waals surface area contributed by atoms with Crippen LogP contribution in [0.15, 0.2) is 72.8 Å². The van der Waals surface area contributed by atoms with E-state index in [2.05, 4.69) is 5.32 Å². The van der Waals surface area contributed by atoms with E-state index in [1.807, 2.05) is 82.3 Å². The molecule has 0 saturated carbocycles. The molecule has 0 radical (unpaired) electrons. The summed E-state index contributed by atoms with van der Waals surface area (Å²) in [5.41, 5.74) is 3.84. The lowest BCUT2D eigenvalue weighted by Crippen LogP contribution is -2.54. The van der Waals surface area contributed by atoms with E-state index in [1.165, 1.54) is 11.0 Å². The highest BCUT2D eigenvalue weighted by Crippen LogP contribution is 2.26. The minimum absolute atomic E-state index is 0.133. The molecule has 0 aliphatic carbocycles. The van der Waals surface area contributed by atoms with Crippen molar-refractivity contribution in [3.05, 3.63) is 100 Å². The van der Waals surface area contributed by atoms with Crippen LogP contribution in [0.2, 0.25) is 5.02 Å². The molecule has 39 heavy (non-hydrogen) atoms. The molecule has 1 unspecified atom stereocenters. The zero-order valence-electron chi connectivity index (χ0n) is 23.0. The quantitative estimate of drug-likeness (QED) is 0.356. The van der Waals surface area contributed by atoms with E-state index < -0.39 is 28.5 Å². The van der Waals surface area contributed by atoms with Gasteiger partial charge >= 0.3 is 0 Å². The van der Waals surface area contributed by atoms with Gasteiger partial charge in [-0.3, -0.25) is 13.9 Å². The van der Waals surface area contributed by atoms with Crippen molar-refractivity contribution in [3.63, 3.8) is 0 Å². The molecule has 3 aromatic carbocycles. The molecule has 0 aliphatic rings. The van der Waals surface area contributed by atoms with Crippen LogP contribution in [0.1, 0.15) is 36.1 Å². The Morgan fingerprint density at radius 1 is 0.923 bits per heavy atom. The second kappa shape index (κ2) is 13.1. The van der Waals surface area contributed by atoms with Crippen molar-refractivity contribution in [1.82, 2.24) is 10.2 Å². The van der Waals surface area contributed by atoms with Gasteiger partial charge in [-0.05, 0) is 56.5 Å². The second-order valence-electron chi connectivity index (χ2n) is 10.1. The van der Waals surface area contributed by atoms with E-state index in [0.717, 1.165) is 32.8 Å². The molecular weight excluding hydrogens is 534 g/mol. The Labute approximate surface area is 236 Å². The van der Waals surface area contributed by atoms with Gasteiger partial charge in [-0.25, -0.2) is 8.42 Å². The van der Waals surface area contributed by atoms with Crippen LogP contribution in [0.5, 0.6) is 0 Å². The number of aryl methyl sites for hydroxylation is 2. The van der Waals surface area contributed by atoms with Gasteiger partial charge in [0.1, 0.15) is 12.6 Å². The number of amides is 2. The third-order valence-electron chi connectivity index (χ3n) is 6.30. The normalized spacial score (nSPS) is 12.2. The van der Waals surface area contributed by atoms with Gasteiger partial charge in [0.2, 0.25) is 21.8 Å². The molecule has 208 valence electrons. The Hall–Kier alpha value is -3.36. The van der Waals surface area contributed by atoms with E-state index in [4.69, 9.17) is 11.6 Å². The van der Waals surface area contributed by atoms with Gasteiger partial charge in [0.05, 0.1) is 11.9 Å². The van der Waals surface area contributed by atoms with Crippen LogP contribution >= 0.6 is 11.6 Å². The predicted octanol–water partition coefficient (Wildman–Crippen LogP) is 4.89. The molecule has 1 atom stereocenters. The molecule has 0 saturated heterocycles. The van der Waals surface area contributed by atoms with Gasteiger partial charge in [0.25, 0.3) is 0 Å². The highest BCUT2D eigenvalue weighted by atomic mass is 35.5. The van der Waals surface area contributed by atoms with Crippen molar-refractivity contribution in [1.29, 1.82) is 0 Å². The Morgan fingerprint density at radius 3 is 2.13 bits per heavy atom.